The number of rotatable bonds is 1. The maximum Gasteiger partial charge on any atom is 0.354 e. The first-order valence-corrected chi connectivity index (χ1v) is 2.36. The van der Waals surface area contributed by atoms with Gasteiger partial charge in [-0.2, -0.15) is 0 Å². The van der Waals surface area contributed by atoms with E-state index >= 15 is 0 Å². The Morgan fingerprint density at radius 2 is 2.56 bits per heavy atom. The number of aromatic nitrogens is 1. The lowest BCUT2D eigenvalue weighted by Gasteiger charge is -1.87. The average molecular weight is 124 g/mol. The summed E-state index contributed by atoms with van der Waals surface area (Å²) in [5.74, 6) is -1.16. The standard InChI is InChI=1S/C6H5NO2/c8-6(9)5-3-1-2-4-7-5/h1-4H,(H,8,9)/i3D. The number of carboxylic acid groups (broad SMARTS) is 1. The van der Waals surface area contributed by atoms with E-state index in [1.807, 2.05) is 0 Å². The molecular formula is C6H5NO2. The largest absolute Gasteiger partial charge is 0.477 e. The lowest BCUT2D eigenvalue weighted by atomic mass is 10.4. The molecule has 1 aromatic heterocycles. The van der Waals surface area contributed by atoms with E-state index in [2.05, 4.69) is 4.98 Å². The Balaban J connectivity index is 3.15. The second-order valence-corrected chi connectivity index (χ2v) is 1.44. The fourth-order valence-electron chi connectivity index (χ4n) is 0.442. The van der Waals surface area contributed by atoms with Gasteiger partial charge < -0.3 is 5.11 Å². The highest BCUT2D eigenvalue weighted by Gasteiger charge is 1.98. The molecule has 9 heavy (non-hydrogen) atoms. The second kappa shape index (κ2) is 2.26. The molecule has 0 amide bonds. The lowest BCUT2D eigenvalue weighted by Crippen LogP contribution is -1.97. The highest BCUT2D eigenvalue weighted by Crippen LogP contribution is 1.90. The van der Waals surface area contributed by atoms with Crippen LogP contribution in [0.25, 0.3) is 0 Å². The summed E-state index contributed by atoms with van der Waals surface area (Å²) < 4.78 is 7.06. The first-order chi connectivity index (χ1) is 4.72. The minimum absolute atomic E-state index is 0.0602. The van der Waals surface area contributed by atoms with E-state index in [0.717, 1.165) is 0 Å². The van der Waals surface area contributed by atoms with Crippen LogP contribution in [-0.4, -0.2) is 16.1 Å². The van der Waals surface area contributed by atoms with E-state index < -0.39 is 5.97 Å². The van der Waals surface area contributed by atoms with Crippen molar-refractivity contribution in [3.8, 4) is 0 Å². The molecule has 0 aliphatic carbocycles. The van der Waals surface area contributed by atoms with Crippen molar-refractivity contribution < 1.29 is 11.3 Å². The fourth-order valence-corrected chi connectivity index (χ4v) is 0.442. The molecule has 0 spiro atoms. The van der Waals surface area contributed by atoms with E-state index in [0.29, 0.717) is 0 Å². The van der Waals surface area contributed by atoms with E-state index in [9.17, 15) is 4.79 Å². The molecule has 3 nitrogen and oxygen atoms in total. The fraction of sp³-hybridized carbons (Fsp3) is 0. The van der Waals surface area contributed by atoms with Crippen molar-refractivity contribution in [2.75, 3.05) is 0 Å². The van der Waals surface area contributed by atoms with Crippen molar-refractivity contribution in [1.82, 2.24) is 4.98 Å². The molecule has 0 saturated carbocycles. The van der Waals surface area contributed by atoms with Gasteiger partial charge in [0.1, 0.15) is 5.69 Å². The molecule has 0 aliphatic heterocycles. The minimum Gasteiger partial charge on any atom is -0.477 e. The number of carboxylic acids is 1. The molecule has 0 unspecified atom stereocenters. The predicted molar refractivity (Wildman–Crippen MR) is 31.2 cm³/mol. The molecule has 1 heterocycles. The first-order valence-electron chi connectivity index (χ1n) is 2.86. The third kappa shape index (κ3) is 1.25. The van der Waals surface area contributed by atoms with Crippen LogP contribution in [0.3, 0.4) is 0 Å². The summed E-state index contributed by atoms with van der Waals surface area (Å²) in [4.78, 5) is 13.7. The summed E-state index contributed by atoms with van der Waals surface area (Å²) in [5.41, 5.74) is -0.206. The normalized spacial score (nSPS) is 10.4. The molecule has 0 radical (unpaired) electrons. The Labute approximate surface area is 53.4 Å². The Morgan fingerprint density at radius 3 is 3.00 bits per heavy atom. The molecule has 0 atom stereocenters. The summed E-state index contributed by atoms with van der Waals surface area (Å²) in [6, 6.07) is 2.85. The Kier molecular flexibility index (Phi) is 1.13. The summed E-state index contributed by atoms with van der Waals surface area (Å²) in [7, 11) is 0. The zero-order chi connectivity index (χ0) is 7.56. The average Bonchev–Trinajstić information content (AvgIpc) is 1.88. The van der Waals surface area contributed by atoms with Crippen LogP contribution in [0.5, 0.6) is 0 Å². The van der Waals surface area contributed by atoms with Crippen molar-refractivity contribution in [2.24, 2.45) is 0 Å². The molecule has 0 bridgehead atoms. The summed E-state index contributed by atoms with van der Waals surface area (Å²) >= 11 is 0. The second-order valence-electron chi connectivity index (χ2n) is 1.44. The monoisotopic (exact) mass is 124 g/mol. The first kappa shape index (κ1) is 4.49. The zero-order valence-corrected chi connectivity index (χ0v) is 4.53. The number of nitrogens with zero attached hydrogens (tertiary/aromatic N) is 1. The van der Waals surface area contributed by atoms with Gasteiger partial charge in [0.05, 0.1) is 1.37 Å². The topological polar surface area (TPSA) is 50.2 Å². The van der Waals surface area contributed by atoms with Crippen LogP contribution in [0, 0.1) is 0 Å². The molecular weight excluding hydrogens is 118 g/mol. The zero-order valence-electron chi connectivity index (χ0n) is 5.53. The summed E-state index contributed by atoms with van der Waals surface area (Å²) in [6.45, 7) is 0. The molecule has 0 saturated heterocycles. The Morgan fingerprint density at radius 1 is 1.78 bits per heavy atom. The van der Waals surface area contributed by atoms with Crippen molar-refractivity contribution >= 4 is 5.97 Å². The van der Waals surface area contributed by atoms with Crippen molar-refractivity contribution in [3.05, 3.63) is 30.1 Å². The highest BCUT2D eigenvalue weighted by atomic mass is 16.4. The molecule has 3 heteroatoms. The van der Waals surface area contributed by atoms with Crippen LogP contribution in [-0.2, 0) is 0 Å². The van der Waals surface area contributed by atoms with Gasteiger partial charge in [-0.3, -0.25) is 0 Å². The van der Waals surface area contributed by atoms with Crippen molar-refractivity contribution in [1.29, 1.82) is 0 Å². The lowest BCUT2D eigenvalue weighted by molar-refractivity contribution is 0.0690. The van der Waals surface area contributed by atoms with E-state index in [4.69, 9.17) is 6.48 Å². The third-order valence-electron chi connectivity index (χ3n) is 0.809. The van der Waals surface area contributed by atoms with Crippen LogP contribution in [0.15, 0.2) is 24.4 Å². The molecule has 0 aliphatic rings. The summed E-state index contributed by atoms with van der Waals surface area (Å²) in [6.07, 6.45) is 1.35. The molecule has 1 rings (SSSR count). The van der Waals surface area contributed by atoms with Gasteiger partial charge in [0.2, 0.25) is 0 Å². The van der Waals surface area contributed by atoms with Gasteiger partial charge in [0.25, 0.3) is 0 Å². The number of hydrogen-bond donors (Lipinski definition) is 1. The van der Waals surface area contributed by atoms with E-state index in [1.54, 1.807) is 0 Å². The van der Waals surface area contributed by atoms with Gasteiger partial charge in [-0.05, 0) is 12.1 Å². The van der Waals surface area contributed by atoms with Crippen molar-refractivity contribution in [2.45, 2.75) is 0 Å². The molecule has 1 N–H and O–H groups in total. The predicted octanol–water partition coefficient (Wildman–Crippen LogP) is 0.780. The number of carbonyl (C=O) groups is 1. The molecule has 0 aromatic carbocycles. The molecule has 46 valence electrons. The summed E-state index contributed by atoms with van der Waals surface area (Å²) in [5, 5.41) is 8.38. The Hall–Kier alpha value is -1.38. The number of aromatic carboxylic acids is 1. The van der Waals surface area contributed by atoms with Crippen LogP contribution in [0.1, 0.15) is 11.9 Å². The maximum absolute atomic E-state index is 10.2. The molecule has 1 aromatic rings. The number of pyridine rings is 1. The van der Waals surface area contributed by atoms with Gasteiger partial charge in [-0.15, -0.1) is 0 Å². The van der Waals surface area contributed by atoms with Gasteiger partial charge in [0, 0.05) is 6.20 Å². The van der Waals surface area contributed by atoms with Gasteiger partial charge in [-0.25, -0.2) is 9.78 Å². The Bertz CT molecular complexity index is 262. The maximum atomic E-state index is 10.2. The third-order valence-corrected chi connectivity index (χ3v) is 0.809. The van der Waals surface area contributed by atoms with Crippen LogP contribution < -0.4 is 0 Å². The smallest absolute Gasteiger partial charge is 0.354 e. The van der Waals surface area contributed by atoms with Crippen LogP contribution >= 0.6 is 0 Å². The van der Waals surface area contributed by atoms with Crippen molar-refractivity contribution in [3.63, 3.8) is 0 Å². The van der Waals surface area contributed by atoms with E-state index in [1.165, 1.54) is 18.3 Å². The minimum atomic E-state index is -1.16. The van der Waals surface area contributed by atoms with Gasteiger partial charge in [-0.1, -0.05) is 6.07 Å². The quantitative estimate of drug-likeness (QED) is 0.601. The van der Waals surface area contributed by atoms with Crippen LogP contribution in [0.2, 0.25) is 0 Å². The number of hydrogen-bond acceptors (Lipinski definition) is 2. The van der Waals surface area contributed by atoms with E-state index in [-0.39, 0.29) is 11.7 Å². The molecule has 0 fully saturated rings. The highest BCUT2D eigenvalue weighted by molar-refractivity contribution is 5.85. The van der Waals surface area contributed by atoms with Gasteiger partial charge >= 0.3 is 5.97 Å². The SMILES string of the molecule is [2H]c1cccnc1C(=O)O. The van der Waals surface area contributed by atoms with Crippen LogP contribution in [0.4, 0.5) is 0 Å². The van der Waals surface area contributed by atoms with Gasteiger partial charge in [0.15, 0.2) is 0 Å².